The third-order valence-electron chi connectivity index (χ3n) is 2.34. The van der Waals surface area contributed by atoms with Gasteiger partial charge in [0, 0.05) is 29.2 Å². The highest BCUT2D eigenvalue weighted by atomic mass is 15.1. The highest BCUT2D eigenvalue weighted by molar-refractivity contribution is 5.63. The van der Waals surface area contributed by atoms with Crippen molar-refractivity contribution < 1.29 is 0 Å². The number of nitrogens with zero attached hydrogens (tertiary/aromatic N) is 1. The highest BCUT2D eigenvalue weighted by Crippen LogP contribution is 2.22. The zero-order valence-electron chi connectivity index (χ0n) is 8.17. The van der Waals surface area contributed by atoms with Crippen LogP contribution in [-0.2, 0) is 6.42 Å². The van der Waals surface area contributed by atoms with E-state index in [1.165, 1.54) is 5.56 Å². The molecule has 4 heteroatoms. The number of aromatic nitrogens is 3. The van der Waals surface area contributed by atoms with E-state index in [0.717, 1.165) is 23.4 Å². The quantitative estimate of drug-likeness (QED) is 0.681. The summed E-state index contributed by atoms with van der Waals surface area (Å²) in [5.74, 6) is 0. The first kappa shape index (κ1) is 9.02. The molecule has 0 fully saturated rings. The minimum absolute atomic E-state index is 0.651. The maximum Gasteiger partial charge on any atom is 0.0971 e. The fourth-order valence-corrected chi connectivity index (χ4v) is 1.61. The Balaban J connectivity index is 2.43. The summed E-state index contributed by atoms with van der Waals surface area (Å²) >= 11 is 0. The van der Waals surface area contributed by atoms with Crippen LogP contribution in [0.15, 0.2) is 18.5 Å². The first-order valence-electron chi connectivity index (χ1n) is 4.70. The second-order valence-electron chi connectivity index (χ2n) is 3.31. The van der Waals surface area contributed by atoms with E-state index in [4.69, 9.17) is 5.73 Å². The Labute approximate surface area is 82.5 Å². The van der Waals surface area contributed by atoms with Crippen molar-refractivity contribution in [3.05, 3.63) is 29.7 Å². The van der Waals surface area contributed by atoms with Crippen LogP contribution in [0.4, 0.5) is 0 Å². The molecule has 0 spiro atoms. The van der Waals surface area contributed by atoms with Gasteiger partial charge in [0.25, 0.3) is 0 Å². The van der Waals surface area contributed by atoms with Crippen LogP contribution in [0.5, 0.6) is 0 Å². The Morgan fingerprint density at radius 3 is 3.00 bits per heavy atom. The van der Waals surface area contributed by atoms with E-state index in [2.05, 4.69) is 15.2 Å². The second kappa shape index (κ2) is 3.67. The number of nitrogens with one attached hydrogen (secondary N) is 2. The minimum atomic E-state index is 0.651. The van der Waals surface area contributed by atoms with Gasteiger partial charge >= 0.3 is 0 Å². The van der Waals surface area contributed by atoms with Gasteiger partial charge in [-0.1, -0.05) is 0 Å². The second-order valence-corrected chi connectivity index (χ2v) is 3.31. The highest BCUT2D eigenvalue weighted by Gasteiger charge is 2.11. The van der Waals surface area contributed by atoms with E-state index in [0.29, 0.717) is 6.54 Å². The molecule has 4 N–H and O–H groups in total. The Morgan fingerprint density at radius 1 is 1.50 bits per heavy atom. The zero-order chi connectivity index (χ0) is 9.97. The molecule has 2 rings (SSSR count). The normalized spacial score (nSPS) is 10.7. The molecule has 0 saturated carbocycles. The average molecular weight is 190 g/mol. The molecule has 0 amide bonds. The molecule has 2 aromatic rings. The molecule has 0 aliphatic carbocycles. The lowest BCUT2D eigenvalue weighted by atomic mass is 10.1. The van der Waals surface area contributed by atoms with Gasteiger partial charge in [0.05, 0.1) is 5.69 Å². The Morgan fingerprint density at radius 2 is 2.36 bits per heavy atom. The van der Waals surface area contributed by atoms with Gasteiger partial charge in [0.1, 0.15) is 0 Å². The molecule has 0 saturated heterocycles. The number of aryl methyl sites for hydroxylation is 1. The Hall–Kier alpha value is -1.55. The van der Waals surface area contributed by atoms with Crippen molar-refractivity contribution in [3.8, 4) is 11.3 Å². The van der Waals surface area contributed by atoms with Gasteiger partial charge in [0.2, 0.25) is 0 Å². The Bertz CT molecular complexity index is 400. The van der Waals surface area contributed by atoms with Gasteiger partial charge in [-0.3, -0.25) is 5.10 Å². The van der Waals surface area contributed by atoms with Gasteiger partial charge in [-0.15, -0.1) is 0 Å². The topological polar surface area (TPSA) is 70.5 Å². The third-order valence-corrected chi connectivity index (χ3v) is 2.34. The largest absolute Gasteiger partial charge is 0.367 e. The molecular weight excluding hydrogens is 176 g/mol. The predicted molar refractivity (Wildman–Crippen MR) is 55.9 cm³/mol. The van der Waals surface area contributed by atoms with Gasteiger partial charge < -0.3 is 10.7 Å². The molecule has 4 nitrogen and oxygen atoms in total. The van der Waals surface area contributed by atoms with Crippen LogP contribution in [0.25, 0.3) is 11.3 Å². The molecule has 74 valence electrons. The summed E-state index contributed by atoms with van der Waals surface area (Å²) in [7, 11) is 0. The van der Waals surface area contributed by atoms with Crippen molar-refractivity contribution in [3.63, 3.8) is 0 Å². The summed E-state index contributed by atoms with van der Waals surface area (Å²) < 4.78 is 0. The summed E-state index contributed by atoms with van der Waals surface area (Å²) in [6, 6.07) is 2.01. The van der Waals surface area contributed by atoms with E-state index >= 15 is 0 Å². The fourth-order valence-electron chi connectivity index (χ4n) is 1.61. The van der Waals surface area contributed by atoms with E-state index in [1.54, 1.807) is 0 Å². The van der Waals surface area contributed by atoms with Crippen molar-refractivity contribution in [2.24, 2.45) is 5.73 Å². The summed E-state index contributed by atoms with van der Waals surface area (Å²) in [4.78, 5) is 3.02. The van der Waals surface area contributed by atoms with Gasteiger partial charge in [-0.25, -0.2) is 0 Å². The van der Waals surface area contributed by atoms with Crippen molar-refractivity contribution in [1.82, 2.24) is 15.2 Å². The SMILES string of the molecule is Cc1[nH]nc(-c2cc[nH]c2)c1CCN. The van der Waals surface area contributed by atoms with Crippen LogP contribution < -0.4 is 5.73 Å². The van der Waals surface area contributed by atoms with Crippen LogP contribution in [0.1, 0.15) is 11.3 Å². The van der Waals surface area contributed by atoms with Crippen LogP contribution in [-0.4, -0.2) is 21.7 Å². The van der Waals surface area contributed by atoms with Gasteiger partial charge in [-0.2, -0.15) is 5.10 Å². The number of rotatable bonds is 3. The molecular formula is C10H14N4. The van der Waals surface area contributed by atoms with Crippen molar-refractivity contribution >= 4 is 0 Å². The minimum Gasteiger partial charge on any atom is -0.367 e. The molecule has 0 radical (unpaired) electrons. The van der Waals surface area contributed by atoms with Crippen LogP contribution in [0.2, 0.25) is 0 Å². The van der Waals surface area contributed by atoms with Crippen LogP contribution in [0, 0.1) is 6.92 Å². The van der Waals surface area contributed by atoms with Crippen molar-refractivity contribution in [2.45, 2.75) is 13.3 Å². The Kier molecular flexibility index (Phi) is 2.37. The summed E-state index contributed by atoms with van der Waals surface area (Å²) in [6.45, 7) is 2.67. The molecule has 2 aromatic heterocycles. The summed E-state index contributed by atoms with van der Waals surface area (Å²) in [5, 5.41) is 7.27. The van der Waals surface area contributed by atoms with Crippen molar-refractivity contribution in [1.29, 1.82) is 0 Å². The van der Waals surface area contributed by atoms with E-state index in [-0.39, 0.29) is 0 Å². The smallest absolute Gasteiger partial charge is 0.0971 e. The third kappa shape index (κ3) is 1.44. The predicted octanol–water partition coefficient (Wildman–Crippen LogP) is 1.21. The van der Waals surface area contributed by atoms with Gasteiger partial charge in [0.15, 0.2) is 0 Å². The molecule has 0 aliphatic heterocycles. The standard InChI is InChI=1S/C10H14N4/c1-7-9(2-4-11)10(14-13-7)8-3-5-12-6-8/h3,5-6,12H,2,4,11H2,1H3,(H,13,14). The first-order valence-corrected chi connectivity index (χ1v) is 4.70. The number of hydrogen-bond donors (Lipinski definition) is 3. The first-order chi connectivity index (χ1) is 6.83. The zero-order valence-corrected chi connectivity index (χ0v) is 8.17. The maximum atomic E-state index is 5.56. The number of nitrogens with two attached hydrogens (primary N) is 1. The summed E-state index contributed by atoms with van der Waals surface area (Å²) in [6.07, 6.45) is 4.70. The van der Waals surface area contributed by atoms with Crippen molar-refractivity contribution in [2.75, 3.05) is 6.54 Å². The lowest BCUT2D eigenvalue weighted by molar-refractivity contribution is 0.957. The molecule has 0 bridgehead atoms. The number of hydrogen-bond acceptors (Lipinski definition) is 2. The van der Waals surface area contributed by atoms with Crippen LogP contribution in [0.3, 0.4) is 0 Å². The number of H-pyrrole nitrogens is 2. The van der Waals surface area contributed by atoms with E-state index in [1.807, 2.05) is 25.4 Å². The van der Waals surface area contributed by atoms with E-state index in [9.17, 15) is 0 Å². The lowest BCUT2D eigenvalue weighted by Gasteiger charge is -1.99. The van der Waals surface area contributed by atoms with Gasteiger partial charge in [-0.05, 0) is 26.0 Å². The molecule has 0 atom stereocenters. The monoisotopic (exact) mass is 190 g/mol. The summed E-state index contributed by atoms with van der Waals surface area (Å²) in [5.41, 5.74) is 10.00. The van der Waals surface area contributed by atoms with Crippen LogP contribution >= 0.6 is 0 Å². The molecule has 0 aromatic carbocycles. The fraction of sp³-hybridized carbons (Fsp3) is 0.300. The average Bonchev–Trinajstić information content (AvgIpc) is 2.77. The molecule has 0 unspecified atom stereocenters. The molecule has 14 heavy (non-hydrogen) atoms. The molecule has 0 aliphatic rings. The maximum absolute atomic E-state index is 5.56. The molecule has 2 heterocycles. The van der Waals surface area contributed by atoms with E-state index < -0.39 is 0 Å². The number of aromatic amines is 2. The lowest BCUT2D eigenvalue weighted by Crippen LogP contribution is -2.03.